The highest BCUT2D eigenvalue weighted by atomic mass is 19.1. The van der Waals surface area contributed by atoms with Gasteiger partial charge in [-0.05, 0) is 28.8 Å². The molecule has 1 N–H and O–H groups in total. The number of halogens is 1. The quantitative estimate of drug-likeness (QED) is 0.634. The van der Waals surface area contributed by atoms with Crippen LogP contribution in [0.25, 0.3) is 0 Å². The molecule has 1 amide bonds. The van der Waals surface area contributed by atoms with Crippen molar-refractivity contribution in [3.05, 3.63) is 107 Å². The molecule has 0 bridgehead atoms. The summed E-state index contributed by atoms with van der Waals surface area (Å²) in [5, 5.41) is 2.90. The molecular weight excluding hydrogens is 389 g/mol. The van der Waals surface area contributed by atoms with Gasteiger partial charge < -0.3 is 5.32 Å². The minimum Gasteiger partial charge on any atom is -0.351 e. The van der Waals surface area contributed by atoms with Crippen molar-refractivity contribution in [2.45, 2.75) is 12.6 Å². The molecule has 0 spiro atoms. The predicted molar refractivity (Wildman–Crippen MR) is 121 cm³/mol. The zero-order valence-corrected chi connectivity index (χ0v) is 17.6. The van der Waals surface area contributed by atoms with Gasteiger partial charge in [-0.25, -0.2) is 4.39 Å². The SMILES string of the molecule is O=C(CN1CCN(C(c2ccccc2)c2ccccc2)CC1)NCc1cccc(F)c1. The summed E-state index contributed by atoms with van der Waals surface area (Å²) >= 11 is 0. The normalized spacial score (nSPS) is 15.2. The van der Waals surface area contributed by atoms with E-state index in [1.165, 1.54) is 23.3 Å². The van der Waals surface area contributed by atoms with Crippen molar-refractivity contribution in [2.24, 2.45) is 0 Å². The van der Waals surface area contributed by atoms with E-state index in [9.17, 15) is 9.18 Å². The number of hydrogen-bond acceptors (Lipinski definition) is 3. The number of hydrogen-bond donors (Lipinski definition) is 1. The summed E-state index contributed by atoms with van der Waals surface area (Å²) < 4.78 is 13.3. The van der Waals surface area contributed by atoms with E-state index < -0.39 is 0 Å². The number of amides is 1. The van der Waals surface area contributed by atoms with Gasteiger partial charge >= 0.3 is 0 Å². The zero-order valence-electron chi connectivity index (χ0n) is 17.6. The number of carbonyl (C=O) groups is 1. The molecule has 0 unspecified atom stereocenters. The van der Waals surface area contributed by atoms with Gasteiger partial charge in [-0.3, -0.25) is 14.6 Å². The number of benzene rings is 3. The third-order valence-corrected chi connectivity index (χ3v) is 5.75. The second-order valence-electron chi connectivity index (χ2n) is 7.94. The van der Waals surface area contributed by atoms with Crippen LogP contribution in [0.4, 0.5) is 4.39 Å². The van der Waals surface area contributed by atoms with E-state index >= 15 is 0 Å². The van der Waals surface area contributed by atoms with E-state index in [0.717, 1.165) is 31.7 Å². The van der Waals surface area contributed by atoms with Crippen LogP contribution in [0.2, 0.25) is 0 Å². The molecule has 160 valence electrons. The molecule has 0 aliphatic carbocycles. The summed E-state index contributed by atoms with van der Waals surface area (Å²) in [6.07, 6.45) is 0. The maximum atomic E-state index is 13.3. The summed E-state index contributed by atoms with van der Waals surface area (Å²) in [6.45, 7) is 4.18. The Hall–Kier alpha value is -3.02. The maximum absolute atomic E-state index is 13.3. The number of piperazine rings is 1. The van der Waals surface area contributed by atoms with Crippen LogP contribution in [-0.4, -0.2) is 48.4 Å². The summed E-state index contributed by atoms with van der Waals surface area (Å²) in [5.74, 6) is -0.311. The number of rotatable bonds is 7. The first-order valence-corrected chi connectivity index (χ1v) is 10.8. The Morgan fingerprint density at radius 1 is 0.839 bits per heavy atom. The van der Waals surface area contributed by atoms with Gasteiger partial charge in [0.25, 0.3) is 0 Å². The lowest BCUT2D eigenvalue weighted by atomic mass is 9.96. The first-order chi connectivity index (χ1) is 15.2. The second kappa shape index (κ2) is 10.3. The van der Waals surface area contributed by atoms with Crippen LogP contribution >= 0.6 is 0 Å². The molecule has 1 aliphatic heterocycles. The number of nitrogens with zero attached hydrogens (tertiary/aromatic N) is 2. The molecule has 5 heteroatoms. The highest BCUT2D eigenvalue weighted by Crippen LogP contribution is 2.29. The smallest absolute Gasteiger partial charge is 0.234 e. The van der Waals surface area contributed by atoms with E-state index in [4.69, 9.17) is 0 Å². The lowest BCUT2D eigenvalue weighted by Crippen LogP contribution is -2.50. The third kappa shape index (κ3) is 5.78. The molecule has 0 saturated carbocycles. The number of nitrogens with one attached hydrogen (secondary N) is 1. The van der Waals surface area contributed by atoms with Crippen molar-refractivity contribution in [3.63, 3.8) is 0 Å². The molecule has 0 radical (unpaired) electrons. The van der Waals surface area contributed by atoms with Crippen molar-refractivity contribution in [1.82, 2.24) is 15.1 Å². The van der Waals surface area contributed by atoms with Gasteiger partial charge in [0.2, 0.25) is 5.91 Å². The zero-order chi connectivity index (χ0) is 21.5. The van der Waals surface area contributed by atoms with Gasteiger partial charge in [-0.1, -0.05) is 72.8 Å². The number of carbonyl (C=O) groups excluding carboxylic acids is 1. The van der Waals surface area contributed by atoms with Gasteiger partial charge in [-0.2, -0.15) is 0 Å². The van der Waals surface area contributed by atoms with E-state index in [2.05, 4.69) is 63.6 Å². The fourth-order valence-electron chi connectivity index (χ4n) is 4.17. The minimum absolute atomic E-state index is 0.0274. The standard InChI is InChI=1S/C26H28FN3O/c27-24-13-7-8-21(18-24)19-28-25(31)20-29-14-16-30(17-15-29)26(22-9-3-1-4-10-22)23-11-5-2-6-12-23/h1-13,18,26H,14-17,19-20H2,(H,28,31). The average molecular weight is 418 g/mol. The highest BCUT2D eigenvalue weighted by molar-refractivity contribution is 5.78. The molecule has 1 saturated heterocycles. The highest BCUT2D eigenvalue weighted by Gasteiger charge is 2.26. The summed E-state index contributed by atoms with van der Waals surface area (Å²) in [5.41, 5.74) is 3.34. The van der Waals surface area contributed by atoms with Crippen molar-refractivity contribution >= 4 is 5.91 Å². The molecule has 3 aromatic rings. The van der Waals surface area contributed by atoms with Gasteiger partial charge in [-0.15, -0.1) is 0 Å². The maximum Gasteiger partial charge on any atom is 0.234 e. The van der Waals surface area contributed by atoms with Crippen LogP contribution in [0.3, 0.4) is 0 Å². The monoisotopic (exact) mass is 417 g/mol. The fraction of sp³-hybridized carbons (Fsp3) is 0.269. The summed E-state index contributed by atoms with van der Waals surface area (Å²) in [4.78, 5) is 17.0. The molecule has 1 fully saturated rings. The molecule has 3 aromatic carbocycles. The van der Waals surface area contributed by atoms with Crippen molar-refractivity contribution in [1.29, 1.82) is 0 Å². The minimum atomic E-state index is -0.283. The van der Waals surface area contributed by atoms with Gasteiger partial charge in [0.15, 0.2) is 0 Å². The van der Waals surface area contributed by atoms with Crippen LogP contribution in [0, 0.1) is 5.82 Å². The van der Waals surface area contributed by atoms with Gasteiger partial charge in [0.1, 0.15) is 5.82 Å². The lowest BCUT2D eigenvalue weighted by molar-refractivity contribution is -0.122. The first kappa shape index (κ1) is 21.2. The van der Waals surface area contributed by atoms with Crippen molar-refractivity contribution < 1.29 is 9.18 Å². The molecule has 1 aliphatic rings. The Morgan fingerprint density at radius 2 is 1.45 bits per heavy atom. The Morgan fingerprint density at radius 3 is 2.03 bits per heavy atom. The lowest BCUT2D eigenvalue weighted by Gasteiger charge is -2.39. The molecule has 4 nitrogen and oxygen atoms in total. The second-order valence-corrected chi connectivity index (χ2v) is 7.94. The third-order valence-electron chi connectivity index (χ3n) is 5.75. The Labute approximate surface area is 183 Å². The molecule has 4 rings (SSSR count). The van der Waals surface area contributed by atoms with Crippen LogP contribution < -0.4 is 5.32 Å². The van der Waals surface area contributed by atoms with Crippen LogP contribution in [-0.2, 0) is 11.3 Å². The molecule has 0 aromatic heterocycles. The first-order valence-electron chi connectivity index (χ1n) is 10.8. The Kier molecular flexibility index (Phi) is 7.07. The Balaban J connectivity index is 1.33. The van der Waals surface area contributed by atoms with E-state index in [0.29, 0.717) is 13.1 Å². The molecular formula is C26H28FN3O. The van der Waals surface area contributed by atoms with Crippen molar-refractivity contribution in [2.75, 3.05) is 32.7 Å². The van der Waals surface area contributed by atoms with E-state index in [1.807, 2.05) is 18.2 Å². The predicted octanol–water partition coefficient (Wildman–Crippen LogP) is 3.85. The largest absolute Gasteiger partial charge is 0.351 e. The summed E-state index contributed by atoms with van der Waals surface area (Å²) in [6, 6.07) is 27.7. The van der Waals surface area contributed by atoms with Crippen molar-refractivity contribution in [3.8, 4) is 0 Å². The molecule has 31 heavy (non-hydrogen) atoms. The van der Waals surface area contributed by atoms with Crippen LogP contribution in [0.1, 0.15) is 22.7 Å². The van der Waals surface area contributed by atoms with E-state index in [1.54, 1.807) is 6.07 Å². The van der Waals surface area contributed by atoms with Gasteiger partial charge in [0.05, 0.1) is 12.6 Å². The van der Waals surface area contributed by atoms with Crippen LogP contribution in [0.15, 0.2) is 84.9 Å². The van der Waals surface area contributed by atoms with E-state index in [-0.39, 0.29) is 17.8 Å². The summed E-state index contributed by atoms with van der Waals surface area (Å²) in [7, 11) is 0. The average Bonchev–Trinajstić information content (AvgIpc) is 2.81. The molecule has 1 heterocycles. The topological polar surface area (TPSA) is 35.6 Å². The molecule has 0 atom stereocenters. The van der Waals surface area contributed by atoms with Crippen LogP contribution in [0.5, 0.6) is 0 Å². The van der Waals surface area contributed by atoms with Gasteiger partial charge in [0, 0.05) is 32.7 Å². The fourth-order valence-corrected chi connectivity index (χ4v) is 4.17. The Bertz CT molecular complexity index is 933.